The summed E-state index contributed by atoms with van der Waals surface area (Å²) in [5.74, 6) is -0.579. The molecule has 5 heteroatoms. The number of rotatable bonds is 4. The highest BCUT2D eigenvalue weighted by Gasteiger charge is 2.16. The van der Waals surface area contributed by atoms with Gasteiger partial charge in [0.15, 0.2) is 5.76 Å². The number of fused-ring (bicyclic) bond motifs is 3. The number of nitrogens with one attached hydrogen (secondary N) is 1. The lowest BCUT2D eigenvalue weighted by atomic mass is 10.1. The number of furan rings is 1. The second-order valence-electron chi connectivity index (χ2n) is 6.51. The number of esters is 1. The second-order valence-corrected chi connectivity index (χ2v) is 6.51. The number of aryl methyl sites for hydroxylation is 1. The van der Waals surface area contributed by atoms with Gasteiger partial charge in [-0.05, 0) is 54.4 Å². The molecule has 0 bridgehead atoms. The largest absolute Gasteiger partial charge is 0.462 e. The van der Waals surface area contributed by atoms with E-state index in [-0.39, 0.29) is 11.7 Å². The van der Waals surface area contributed by atoms with Gasteiger partial charge in [0.2, 0.25) is 0 Å². The highest BCUT2D eigenvalue weighted by Crippen LogP contribution is 2.29. The van der Waals surface area contributed by atoms with Crippen molar-refractivity contribution >= 4 is 39.3 Å². The van der Waals surface area contributed by atoms with E-state index in [1.54, 1.807) is 31.2 Å². The molecule has 4 aromatic rings. The number of carbonyl (C=O) groups is 2. The summed E-state index contributed by atoms with van der Waals surface area (Å²) in [5, 5.41) is 5.84. The van der Waals surface area contributed by atoms with Crippen molar-refractivity contribution in [2.24, 2.45) is 0 Å². The lowest BCUT2D eigenvalue weighted by Crippen LogP contribution is -2.13. The van der Waals surface area contributed by atoms with Crippen LogP contribution in [0.3, 0.4) is 0 Å². The fourth-order valence-corrected chi connectivity index (χ4v) is 3.19. The first kappa shape index (κ1) is 17.8. The minimum atomic E-state index is -0.423. The van der Waals surface area contributed by atoms with E-state index in [9.17, 15) is 9.59 Å². The molecule has 140 valence electrons. The number of carbonyl (C=O) groups excluding carboxylic acids is 2. The summed E-state index contributed by atoms with van der Waals surface area (Å²) in [5.41, 5.74) is 2.42. The molecule has 1 amide bonds. The van der Waals surface area contributed by atoms with Crippen LogP contribution in [-0.4, -0.2) is 18.5 Å². The summed E-state index contributed by atoms with van der Waals surface area (Å²) in [4.78, 5) is 24.7. The Balaban J connectivity index is 1.66. The van der Waals surface area contributed by atoms with Crippen LogP contribution in [-0.2, 0) is 4.74 Å². The molecule has 1 aromatic heterocycles. The molecule has 4 rings (SSSR count). The lowest BCUT2D eigenvalue weighted by molar-refractivity contribution is 0.0526. The summed E-state index contributed by atoms with van der Waals surface area (Å²) in [6, 6.07) is 18.6. The molecule has 0 aliphatic heterocycles. The number of amides is 1. The van der Waals surface area contributed by atoms with Gasteiger partial charge in [-0.2, -0.15) is 0 Å². The van der Waals surface area contributed by atoms with Crippen LogP contribution in [0.2, 0.25) is 0 Å². The molecule has 0 fully saturated rings. The molecule has 0 saturated carbocycles. The van der Waals surface area contributed by atoms with Crippen molar-refractivity contribution in [1.82, 2.24) is 0 Å². The van der Waals surface area contributed by atoms with Crippen molar-refractivity contribution in [3.05, 3.63) is 77.6 Å². The Morgan fingerprint density at radius 2 is 1.82 bits per heavy atom. The molecule has 0 unspecified atom stereocenters. The zero-order valence-electron chi connectivity index (χ0n) is 15.6. The number of ether oxygens (including phenoxy) is 1. The number of benzene rings is 3. The molecule has 0 aliphatic rings. The standard InChI is InChI=1S/C23H19NO4/c1-3-27-23(26)16-9-8-14(2)19(12-16)24-22(25)21-13-18-17-7-5-4-6-15(17)10-11-20(18)28-21/h4-13H,3H2,1-2H3,(H,24,25). The summed E-state index contributed by atoms with van der Waals surface area (Å²) >= 11 is 0. The van der Waals surface area contributed by atoms with Gasteiger partial charge in [-0.3, -0.25) is 4.79 Å². The Labute approximate surface area is 161 Å². The molecule has 3 aromatic carbocycles. The Kier molecular flexibility index (Phi) is 4.57. The van der Waals surface area contributed by atoms with Crippen LogP contribution in [0.15, 0.2) is 65.1 Å². The van der Waals surface area contributed by atoms with Crippen LogP contribution in [0.4, 0.5) is 5.69 Å². The maximum atomic E-state index is 12.8. The first-order chi connectivity index (χ1) is 13.6. The first-order valence-corrected chi connectivity index (χ1v) is 9.07. The van der Waals surface area contributed by atoms with Crippen molar-refractivity contribution in [3.8, 4) is 0 Å². The summed E-state index contributed by atoms with van der Waals surface area (Å²) in [7, 11) is 0. The first-order valence-electron chi connectivity index (χ1n) is 9.07. The molecule has 0 atom stereocenters. The van der Waals surface area contributed by atoms with E-state index in [0.29, 0.717) is 23.4 Å². The molecule has 5 nitrogen and oxygen atoms in total. The average molecular weight is 373 g/mol. The van der Waals surface area contributed by atoms with Gasteiger partial charge in [0.05, 0.1) is 12.2 Å². The summed E-state index contributed by atoms with van der Waals surface area (Å²) in [6.07, 6.45) is 0. The van der Waals surface area contributed by atoms with Crippen molar-refractivity contribution in [2.45, 2.75) is 13.8 Å². The van der Waals surface area contributed by atoms with Gasteiger partial charge in [-0.15, -0.1) is 0 Å². The lowest BCUT2D eigenvalue weighted by Gasteiger charge is -2.09. The van der Waals surface area contributed by atoms with E-state index in [0.717, 1.165) is 21.7 Å². The van der Waals surface area contributed by atoms with Gasteiger partial charge in [-0.1, -0.05) is 36.4 Å². The molecule has 0 aliphatic carbocycles. The third kappa shape index (κ3) is 3.22. The van der Waals surface area contributed by atoms with E-state index in [1.807, 2.05) is 43.3 Å². The number of hydrogen-bond acceptors (Lipinski definition) is 4. The zero-order chi connectivity index (χ0) is 19.7. The molecule has 1 N–H and O–H groups in total. The van der Waals surface area contributed by atoms with Crippen LogP contribution >= 0.6 is 0 Å². The third-order valence-electron chi connectivity index (χ3n) is 4.65. The van der Waals surface area contributed by atoms with Crippen molar-refractivity contribution in [2.75, 3.05) is 11.9 Å². The Bertz CT molecular complexity index is 1210. The van der Waals surface area contributed by atoms with E-state index < -0.39 is 5.97 Å². The predicted molar refractivity (Wildman–Crippen MR) is 109 cm³/mol. The molecular formula is C23H19NO4. The number of anilines is 1. The molecule has 28 heavy (non-hydrogen) atoms. The number of hydrogen-bond donors (Lipinski definition) is 1. The summed E-state index contributed by atoms with van der Waals surface area (Å²) in [6.45, 7) is 3.90. The third-order valence-corrected chi connectivity index (χ3v) is 4.65. The predicted octanol–water partition coefficient (Wildman–Crippen LogP) is 5.32. The fraction of sp³-hybridized carbons (Fsp3) is 0.130. The quantitative estimate of drug-likeness (QED) is 0.491. The minimum Gasteiger partial charge on any atom is -0.462 e. The van der Waals surface area contributed by atoms with Gasteiger partial charge < -0.3 is 14.5 Å². The SMILES string of the molecule is CCOC(=O)c1ccc(C)c(NC(=O)c2cc3c(ccc4ccccc43)o2)c1. The highest BCUT2D eigenvalue weighted by atomic mass is 16.5. The highest BCUT2D eigenvalue weighted by molar-refractivity contribution is 6.11. The van der Waals surface area contributed by atoms with E-state index in [2.05, 4.69) is 5.32 Å². The smallest absolute Gasteiger partial charge is 0.338 e. The topological polar surface area (TPSA) is 68.5 Å². The van der Waals surface area contributed by atoms with Crippen molar-refractivity contribution in [3.63, 3.8) is 0 Å². The maximum Gasteiger partial charge on any atom is 0.338 e. The van der Waals surface area contributed by atoms with Crippen molar-refractivity contribution in [1.29, 1.82) is 0 Å². The maximum absolute atomic E-state index is 12.8. The Morgan fingerprint density at radius 1 is 1.00 bits per heavy atom. The van der Waals surface area contributed by atoms with Gasteiger partial charge in [0, 0.05) is 11.1 Å². The molecule has 1 heterocycles. The van der Waals surface area contributed by atoms with Crippen LogP contribution in [0.5, 0.6) is 0 Å². The molecule has 0 radical (unpaired) electrons. The van der Waals surface area contributed by atoms with E-state index >= 15 is 0 Å². The van der Waals surface area contributed by atoms with Gasteiger partial charge in [0.1, 0.15) is 5.58 Å². The van der Waals surface area contributed by atoms with E-state index in [4.69, 9.17) is 9.15 Å². The van der Waals surface area contributed by atoms with Crippen LogP contribution in [0.1, 0.15) is 33.4 Å². The Morgan fingerprint density at radius 3 is 2.64 bits per heavy atom. The summed E-state index contributed by atoms with van der Waals surface area (Å²) < 4.78 is 10.8. The average Bonchev–Trinajstić information content (AvgIpc) is 3.15. The Hall–Kier alpha value is -3.60. The fourth-order valence-electron chi connectivity index (χ4n) is 3.19. The van der Waals surface area contributed by atoms with Gasteiger partial charge in [-0.25, -0.2) is 4.79 Å². The van der Waals surface area contributed by atoms with Gasteiger partial charge in [0.25, 0.3) is 5.91 Å². The van der Waals surface area contributed by atoms with Crippen LogP contribution in [0.25, 0.3) is 21.7 Å². The van der Waals surface area contributed by atoms with E-state index in [1.165, 1.54) is 0 Å². The monoisotopic (exact) mass is 373 g/mol. The molecule has 0 saturated heterocycles. The molecular weight excluding hydrogens is 354 g/mol. The molecule has 0 spiro atoms. The van der Waals surface area contributed by atoms with Crippen LogP contribution in [0, 0.1) is 6.92 Å². The second kappa shape index (κ2) is 7.19. The minimum absolute atomic E-state index is 0.215. The normalized spacial score (nSPS) is 10.9. The van der Waals surface area contributed by atoms with Gasteiger partial charge >= 0.3 is 5.97 Å². The van der Waals surface area contributed by atoms with Crippen molar-refractivity contribution < 1.29 is 18.7 Å². The van der Waals surface area contributed by atoms with Crippen LogP contribution < -0.4 is 5.32 Å². The zero-order valence-corrected chi connectivity index (χ0v) is 15.6.